The lowest BCUT2D eigenvalue weighted by Crippen LogP contribution is -2.32. The van der Waals surface area contributed by atoms with Gasteiger partial charge in [0.15, 0.2) is 0 Å². The molecule has 3 heteroatoms. The van der Waals surface area contributed by atoms with Crippen LogP contribution in [0.3, 0.4) is 0 Å². The van der Waals surface area contributed by atoms with Crippen LogP contribution in [0.15, 0.2) is 12.3 Å². The van der Waals surface area contributed by atoms with Crippen LogP contribution < -0.4 is 5.32 Å². The molecule has 1 aliphatic carbocycles. The first-order chi connectivity index (χ1) is 7.72. The van der Waals surface area contributed by atoms with Crippen molar-refractivity contribution in [3.05, 3.63) is 18.0 Å². The van der Waals surface area contributed by atoms with E-state index in [0.717, 1.165) is 24.8 Å². The Balaban J connectivity index is 1.84. The minimum absolute atomic E-state index is 0.704. The quantitative estimate of drug-likeness (QED) is 0.796. The van der Waals surface area contributed by atoms with Gasteiger partial charge >= 0.3 is 0 Å². The van der Waals surface area contributed by atoms with Gasteiger partial charge < -0.3 is 5.32 Å². The Hall–Kier alpha value is -0.830. The Labute approximate surface area is 98.2 Å². The molecule has 3 atom stereocenters. The van der Waals surface area contributed by atoms with E-state index >= 15 is 0 Å². The van der Waals surface area contributed by atoms with Gasteiger partial charge in [-0.15, -0.1) is 0 Å². The lowest BCUT2D eigenvalue weighted by molar-refractivity contribution is 0.426. The molecular formula is C13H23N3. The lowest BCUT2D eigenvalue weighted by atomic mass is 10.0. The van der Waals surface area contributed by atoms with Gasteiger partial charge in [0.2, 0.25) is 0 Å². The van der Waals surface area contributed by atoms with Crippen molar-refractivity contribution in [2.75, 3.05) is 6.54 Å². The third-order valence-electron chi connectivity index (χ3n) is 3.79. The van der Waals surface area contributed by atoms with Gasteiger partial charge in [0.25, 0.3) is 0 Å². The van der Waals surface area contributed by atoms with Crippen molar-refractivity contribution in [1.29, 1.82) is 0 Å². The number of nitrogens with zero attached hydrogens (tertiary/aromatic N) is 2. The van der Waals surface area contributed by atoms with E-state index in [0.29, 0.717) is 6.04 Å². The number of hydrogen-bond donors (Lipinski definition) is 1. The van der Waals surface area contributed by atoms with Crippen LogP contribution in [0.5, 0.6) is 0 Å². The monoisotopic (exact) mass is 221 g/mol. The van der Waals surface area contributed by atoms with Crippen LogP contribution in [0.2, 0.25) is 0 Å². The van der Waals surface area contributed by atoms with Crippen LogP contribution in [-0.2, 0) is 13.5 Å². The Morgan fingerprint density at radius 1 is 1.62 bits per heavy atom. The second-order valence-corrected chi connectivity index (χ2v) is 5.03. The van der Waals surface area contributed by atoms with Gasteiger partial charge in [-0.3, -0.25) is 4.68 Å². The predicted octanol–water partition coefficient (Wildman–Crippen LogP) is 1.99. The SMILES string of the molecule is CCNC(CCc1ccnn1C)C1CC1C. The molecule has 1 aromatic rings. The second-order valence-electron chi connectivity index (χ2n) is 5.03. The molecule has 1 fully saturated rings. The molecule has 0 spiro atoms. The maximum absolute atomic E-state index is 4.21. The summed E-state index contributed by atoms with van der Waals surface area (Å²) < 4.78 is 1.99. The average Bonchev–Trinajstić information content (AvgIpc) is 2.83. The number of nitrogens with one attached hydrogen (secondary N) is 1. The molecule has 0 aliphatic heterocycles. The van der Waals surface area contributed by atoms with Crippen LogP contribution >= 0.6 is 0 Å². The highest BCUT2D eigenvalue weighted by Gasteiger charge is 2.38. The maximum Gasteiger partial charge on any atom is 0.0492 e. The largest absolute Gasteiger partial charge is 0.314 e. The number of rotatable bonds is 6. The summed E-state index contributed by atoms with van der Waals surface area (Å²) in [5.74, 6) is 1.84. The Morgan fingerprint density at radius 3 is 2.88 bits per heavy atom. The van der Waals surface area contributed by atoms with E-state index in [1.807, 2.05) is 17.9 Å². The molecule has 90 valence electrons. The Morgan fingerprint density at radius 2 is 2.38 bits per heavy atom. The number of aryl methyl sites for hydroxylation is 2. The van der Waals surface area contributed by atoms with E-state index < -0.39 is 0 Å². The van der Waals surface area contributed by atoms with Crippen LogP contribution in [0, 0.1) is 11.8 Å². The molecule has 1 heterocycles. The highest BCUT2D eigenvalue weighted by molar-refractivity contribution is 5.02. The highest BCUT2D eigenvalue weighted by Crippen LogP contribution is 2.41. The molecule has 0 bridgehead atoms. The van der Waals surface area contributed by atoms with Crippen LogP contribution in [-0.4, -0.2) is 22.4 Å². The van der Waals surface area contributed by atoms with Crippen molar-refractivity contribution in [3.8, 4) is 0 Å². The van der Waals surface area contributed by atoms with Gasteiger partial charge in [-0.05, 0) is 43.7 Å². The molecule has 0 saturated heterocycles. The second kappa shape index (κ2) is 5.00. The molecule has 3 unspecified atom stereocenters. The topological polar surface area (TPSA) is 29.9 Å². The normalized spacial score (nSPS) is 25.7. The van der Waals surface area contributed by atoms with Gasteiger partial charge in [-0.2, -0.15) is 5.10 Å². The summed E-state index contributed by atoms with van der Waals surface area (Å²) in [5, 5.41) is 7.84. The van der Waals surface area contributed by atoms with Gasteiger partial charge in [0, 0.05) is 25.0 Å². The maximum atomic E-state index is 4.21. The van der Waals surface area contributed by atoms with Gasteiger partial charge in [0.05, 0.1) is 0 Å². The molecule has 1 N–H and O–H groups in total. The molecule has 3 nitrogen and oxygen atoms in total. The zero-order valence-corrected chi connectivity index (χ0v) is 10.6. The fourth-order valence-electron chi connectivity index (χ4n) is 2.59. The molecule has 2 rings (SSSR count). The van der Waals surface area contributed by atoms with E-state index in [1.54, 1.807) is 0 Å². The third-order valence-corrected chi connectivity index (χ3v) is 3.79. The highest BCUT2D eigenvalue weighted by atomic mass is 15.2. The van der Waals surface area contributed by atoms with Crippen molar-refractivity contribution >= 4 is 0 Å². The minimum Gasteiger partial charge on any atom is -0.314 e. The standard InChI is InChI=1S/C13H23N3/c1-4-14-13(12-9-10(12)2)6-5-11-7-8-15-16(11)3/h7-8,10,12-14H,4-6,9H2,1-3H3. The molecule has 1 saturated carbocycles. The van der Waals surface area contributed by atoms with Gasteiger partial charge in [0.1, 0.15) is 0 Å². The average molecular weight is 221 g/mol. The molecular weight excluding hydrogens is 198 g/mol. The van der Waals surface area contributed by atoms with Crippen molar-refractivity contribution < 1.29 is 0 Å². The smallest absolute Gasteiger partial charge is 0.0492 e. The first-order valence-electron chi connectivity index (χ1n) is 6.42. The van der Waals surface area contributed by atoms with Gasteiger partial charge in [-0.25, -0.2) is 0 Å². The predicted molar refractivity (Wildman–Crippen MR) is 66.3 cm³/mol. The first kappa shape index (κ1) is 11.6. The van der Waals surface area contributed by atoms with Gasteiger partial charge in [-0.1, -0.05) is 13.8 Å². The Kier molecular flexibility index (Phi) is 3.64. The lowest BCUT2D eigenvalue weighted by Gasteiger charge is -2.17. The van der Waals surface area contributed by atoms with E-state index in [9.17, 15) is 0 Å². The summed E-state index contributed by atoms with van der Waals surface area (Å²) in [7, 11) is 2.03. The summed E-state index contributed by atoms with van der Waals surface area (Å²) in [5.41, 5.74) is 1.34. The fraction of sp³-hybridized carbons (Fsp3) is 0.769. The van der Waals surface area contributed by atoms with E-state index in [2.05, 4.69) is 30.3 Å². The minimum atomic E-state index is 0.704. The van der Waals surface area contributed by atoms with E-state index in [1.165, 1.54) is 18.5 Å². The molecule has 0 amide bonds. The zero-order valence-electron chi connectivity index (χ0n) is 10.6. The number of aromatic nitrogens is 2. The zero-order chi connectivity index (χ0) is 11.5. The third kappa shape index (κ3) is 2.64. The summed E-state index contributed by atoms with van der Waals surface area (Å²) in [6, 6.07) is 2.83. The summed E-state index contributed by atoms with van der Waals surface area (Å²) in [6.45, 7) is 5.64. The van der Waals surface area contributed by atoms with Crippen molar-refractivity contribution in [1.82, 2.24) is 15.1 Å². The molecule has 0 aromatic carbocycles. The van der Waals surface area contributed by atoms with Crippen LogP contribution in [0.4, 0.5) is 0 Å². The molecule has 0 radical (unpaired) electrons. The van der Waals surface area contributed by atoms with Crippen molar-refractivity contribution in [2.24, 2.45) is 18.9 Å². The molecule has 1 aliphatic rings. The summed E-state index contributed by atoms with van der Waals surface area (Å²) >= 11 is 0. The Bertz CT molecular complexity index is 332. The van der Waals surface area contributed by atoms with Crippen molar-refractivity contribution in [2.45, 2.75) is 39.2 Å². The first-order valence-corrected chi connectivity index (χ1v) is 6.42. The molecule has 16 heavy (non-hydrogen) atoms. The van der Waals surface area contributed by atoms with Crippen LogP contribution in [0.25, 0.3) is 0 Å². The van der Waals surface area contributed by atoms with Crippen molar-refractivity contribution in [3.63, 3.8) is 0 Å². The fourth-order valence-corrected chi connectivity index (χ4v) is 2.59. The number of hydrogen-bond acceptors (Lipinski definition) is 2. The van der Waals surface area contributed by atoms with Crippen LogP contribution in [0.1, 0.15) is 32.4 Å². The van der Waals surface area contributed by atoms with E-state index in [4.69, 9.17) is 0 Å². The summed E-state index contributed by atoms with van der Waals surface area (Å²) in [6.07, 6.45) is 5.67. The molecule has 1 aromatic heterocycles. The van der Waals surface area contributed by atoms with E-state index in [-0.39, 0.29) is 0 Å². The summed E-state index contributed by atoms with van der Waals surface area (Å²) in [4.78, 5) is 0.